The van der Waals surface area contributed by atoms with Crippen molar-refractivity contribution in [1.29, 1.82) is 0 Å². The summed E-state index contributed by atoms with van der Waals surface area (Å²) in [5.41, 5.74) is 2.18. The van der Waals surface area contributed by atoms with Crippen molar-refractivity contribution in [2.45, 2.75) is 13.3 Å². The van der Waals surface area contributed by atoms with Crippen LogP contribution in [0.3, 0.4) is 0 Å². The number of aryl methyl sites for hydroxylation is 1. The molecule has 0 heterocycles. The normalized spacial score (nSPS) is 10.2. The topological polar surface area (TPSA) is 59.6 Å². The van der Waals surface area contributed by atoms with E-state index in [0.29, 0.717) is 30.5 Å². The van der Waals surface area contributed by atoms with Crippen LogP contribution >= 0.6 is 11.6 Å². The molecule has 0 aliphatic carbocycles. The van der Waals surface area contributed by atoms with Crippen molar-refractivity contribution >= 4 is 17.6 Å². The Morgan fingerprint density at radius 2 is 1.92 bits per heavy atom. The molecule has 0 radical (unpaired) electrons. The highest BCUT2D eigenvalue weighted by Gasteiger charge is 2.03. The molecule has 0 saturated carbocycles. The number of rotatable bonds is 8. The molecule has 6 heteroatoms. The van der Waals surface area contributed by atoms with Crippen LogP contribution in [0.2, 0.25) is 5.02 Å². The van der Waals surface area contributed by atoms with Gasteiger partial charge in [-0.2, -0.15) is 0 Å². The Balaban J connectivity index is 1.63. The molecule has 0 fully saturated rings. The maximum atomic E-state index is 11.8. The fraction of sp³-hybridized carbons (Fsp3) is 0.316. The van der Waals surface area contributed by atoms with Gasteiger partial charge in [0, 0.05) is 6.54 Å². The molecule has 2 aromatic rings. The molecule has 0 aliphatic heterocycles. The summed E-state index contributed by atoms with van der Waals surface area (Å²) in [6, 6.07) is 13.2. The predicted octanol–water partition coefficient (Wildman–Crippen LogP) is 3.58. The van der Waals surface area contributed by atoms with E-state index < -0.39 is 0 Å². The standard InChI is InChI=1S/C19H23ClN2O3/c1-14-6-7-17(20)18(12-14)25-11-10-22-19(23)21-9-8-15-4-3-5-16(13-15)24-2/h3-7,12-13H,8-11H2,1-2H3,(H2,21,22,23). The molecule has 0 saturated heterocycles. The van der Waals surface area contributed by atoms with E-state index in [0.717, 1.165) is 23.3 Å². The minimum absolute atomic E-state index is 0.221. The molecular formula is C19H23ClN2O3. The van der Waals surface area contributed by atoms with Crippen LogP contribution in [0.5, 0.6) is 11.5 Å². The Bertz CT molecular complexity index is 707. The lowest BCUT2D eigenvalue weighted by Crippen LogP contribution is -2.38. The molecule has 0 bridgehead atoms. The molecule has 25 heavy (non-hydrogen) atoms. The molecule has 0 spiro atoms. The second kappa shape index (κ2) is 9.79. The summed E-state index contributed by atoms with van der Waals surface area (Å²) in [6.45, 7) is 3.27. The van der Waals surface area contributed by atoms with Crippen molar-refractivity contribution in [2.24, 2.45) is 0 Å². The van der Waals surface area contributed by atoms with Gasteiger partial charge in [0.05, 0.1) is 18.7 Å². The van der Waals surface area contributed by atoms with Crippen molar-refractivity contribution in [3.05, 3.63) is 58.6 Å². The minimum atomic E-state index is -0.221. The van der Waals surface area contributed by atoms with Gasteiger partial charge in [-0.05, 0) is 48.7 Å². The number of ether oxygens (including phenoxy) is 2. The van der Waals surface area contributed by atoms with Crippen LogP contribution in [0.1, 0.15) is 11.1 Å². The average Bonchev–Trinajstić information content (AvgIpc) is 2.61. The Kier molecular flexibility index (Phi) is 7.41. The second-order valence-electron chi connectivity index (χ2n) is 5.57. The lowest BCUT2D eigenvalue weighted by atomic mass is 10.1. The Labute approximate surface area is 153 Å². The summed E-state index contributed by atoms with van der Waals surface area (Å²) in [5.74, 6) is 1.44. The fourth-order valence-electron chi connectivity index (χ4n) is 2.26. The van der Waals surface area contributed by atoms with Crippen LogP contribution < -0.4 is 20.1 Å². The summed E-state index contributed by atoms with van der Waals surface area (Å²) < 4.78 is 10.8. The largest absolute Gasteiger partial charge is 0.497 e. The number of carbonyl (C=O) groups is 1. The van der Waals surface area contributed by atoms with E-state index in [9.17, 15) is 4.79 Å². The maximum Gasteiger partial charge on any atom is 0.314 e. The SMILES string of the molecule is COc1cccc(CCNC(=O)NCCOc2cc(C)ccc2Cl)c1. The third kappa shape index (κ3) is 6.55. The zero-order valence-corrected chi connectivity index (χ0v) is 15.2. The molecule has 0 atom stereocenters. The first-order chi connectivity index (χ1) is 12.1. The molecule has 2 aromatic carbocycles. The van der Waals surface area contributed by atoms with E-state index in [1.54, 1.807) is 13.2 Å². The van der Waals surface area contributed by atoms with Gasteiger partial charge < -0.3 is 20.1 Å². The number of amides is 2. The number of carbonyl (C=O) groups excluding carboxylic acids is 1. The Morgan fingerprint density at radius 1 is 1.12 bits per heavy atom. The van der Waals surface area contributed by atoms with Crippen LogP contribution in [0, 0.1) is 6.92 Å². The summed E-state index contributed by atoms with van der Waals surface area (Å²) >= 11 is 6.05. The first-order valence-corrected chi connectivity index (χ1v) is 8.50. The van der Waals surface area contributed by atoms with E-state index in [-0.39, 0.29) is 6.03 Å². The molecular weight excluding hydrogens is 340 g/mol. The number of hydrogen-bond donors (Lipinski definition) is 2. The van der Waals surface area contributed by atoms with Crippen molar-refractivity contribution < 1.29 is 14.3 Å². The Morgan fingerprint density at radius 3 is 2.72 bits per heavy atom. The number of hydrogen-bond acceptors (Lipinski definition) is 3. The third-order valence-corrected chi connectivity index (χ3v) is 3.88. The third-order valence-electron chi connectivity index (χ3n) is 3.57. The van der Waals surface area contributed by atoms with Gasteiger partial charge in [-0.15, -0.1) is 0 Å². The molecule has 0 unspecified atom stereocenters. The highest BCUT2D eigenvalue weighted by atomic mass is 35.5. The van der Waals surface area contributed by atoms with Crippen LogP contribution in [0.15, 0.2) is 42.5 Å². The van der Waals surface area contributed by atoms with Gasteiger partial charge in [-0.3, -0.25) is 0 Å². The molecule has 0 aromatic heterocycles. The van der Waals surface area contributed by atoms with Crippen LogP contribution in [0.4, 0.5) is 4.79 Å². The van der Waals surface area contributed by atoms with E-state index in [1.807, 2.05) is 43.3 Å². The van der Waals surface area contributed by atoms with Crippen molar-refractivity contribution in [3.8, 4) is 11.5 Å². The first-order valence-electron chi connectivity index (χ1n) is 8.12. The van der Waals surface area contributed by atoms with Crippen molar-refractivity contribution in [2.75, 3.05) is 26.8 Å². The smallest absolute Gasteiger partial charge is 0.314 e. The zero-order valence-electron chi connectivity index (χ0n) is 14.5. The zero-order chi connectivity index (χ0) is 18.1. The van der Waals surface area contributed by atoms with Crippen LogP contribution in [0.25, 0.3) is 0 Å². The number of benzene rings is 2. The summed E-state index contributed by atoms with van der Waals surface area (Å²) in [5, 5.41) is 6.13. The highest BCUT2D eigenvalue weighted by molar-refractivity contribution is 6.32. The van der Waals surface area contributed by atoms with E-state index in [2.05, 4.69) is 10.6 Å². The van der Waals surface area contributed by atoms with Crippen molar-refractivity contribution in [1.82, 2.24) is 10.6 Å². The summed E-state index contributed by atoms with van der Waals surface area (Å²) in [6.07, 6.45) is 0.736. The minimum Gasteiger partial charge on any atom is -0.497 e. The van der Waals surface area contributed by atoms with Gasteiger partial charge in [0.15, 0.2) is 0 Å². The average molecular weight is 363 g/mol. The van der Waals surface area contributed by atoms with Gasteiger partial charge in [0.2, 0.25) is 0 Å². The lowest BCUT2D eigenvalue weighted by molar-refractivity contribution is 0.236. The predicted molar refractivity (Wildman–Crippen MR) is 99.8 cm³/mol. The van der Waals surface area contributed by atoms with Crippen molar-refractivity contribution in [3.63, 3.8) is 0 Å². The second-order valence-corrected chi connectivity index (χ2v) is 5.97. The quantitative estimate of drug-likeness (QED) is 0.706. The molecule has 2 N–H and O–H groups in total. The number of urea groups is 1. The van der Waals surface area contributed by atoms with Crippen LogP contribution in [-0.4, -0.2) is 32.8 Å². The molecule has 134 valence electrons. The molecule has 2 amide bonds. The molecule has 2 rings (SSSR count). The van der Waals surface area contributed by atoms with Gasteiger partial charge in [0.1, 0.15) is 18.1 Å². The first kappa shape index (κ1) is 18.9. The van der Waals surface area contributed by atoms with E-state index in [1.165, 1.54) is 0 Å². The number of methoxy groups -OCH3 is 1. The Hall–Kier alpha value is -2.40. The van der Waals surface area contributed by atoms with Crippen LogP contribution in [-0.2, 0) is 6.42 Å². The monoisotopic (exact) mass is 362 g/mol. The summed E-state index contributed by atoms with van der Waals surface area (Å²) in [7, 11) is 1.64. The summed E-state index contributed by atoms with van der Waals surface area (Å²) in [4.78, 5) is 11.8. The van der Waals surface area contributed by atoms with Gasteiger partial charge >= 0.3 is 6.03 Å². The number of nitrogens with one attached hydrogen (secondary N) is 2. The van der Waals surface area contributed by atoms with E-state index >= 15 is 0 Å². The fourth-order valence-corrected chi connectivity index (χ4v) is 2.43. The number of halogens is 1. The lowest BCUT2D eigenvalue weighted by Gasteiger charge is -2.11. The highest BCUT2D eigenvalue weighted by Crippen LogP contribution is 2.24. The maximum absolute atomic E-state index is 11.8. The van der Waals surface area contributed by atoms with Gasteiger partial charge in [0.25, 0.3) is 0 Å². The molecule has 0 aliphatic rings. The van der Waals surface area contributed by atoms with Gasteiger partial charge in [-0.25, -0.2) is 4.79 Å². The molecule has 5 nitrogen and oxygen atoms in total. The van der Waals surface area contributed by atoms with Gasteiger partial charge in [-0.1, -0.05) is 29.8 Å². The van der Waals surface area contributed by atoms with E-state index in [4.69, 9.17) is 21.1 Å².